The Morgan fingerprint density at radius 3 is 2.72 bits per heavy atom. The van der Waals surface area contributed by atoms with Crippen LogP contribution in [0, 0.1) is 11.3 Å². The van der Waals surface area contributed by atoms with Gasteiger partial charge in [-0.15, -0.1) is 10.2 Å². The van der Waals surface area contributed by atoms with E-state index in [0.29, 0.717) is 11.6 Å². The van der Waals surface area contributed by atoms with Gasteiger partial charge in [-0.05, 0) is 18.4 Å². The van der Waals surface area contributed by atoms with Crippen LogP contribution in [0.5, 0.6) is 0 Å². The zero-order valence-corrected chi connectivity index (χ0v) is 18.7. The molecule has 168 valence electrons. The van der Waals surface area contributed by atoms with E-state index >= 15 is 0 Å². The smallest absolute Gasteiger partial charge is 0.290 e. The van der Waals surface area contributed by atoms with Gasteiger partial charge < -0.3 is 19.5 Å². The quantitative estimate of drug-likeness (QED) is 0.589. The van der Waals surface area contributed by atoms with Gasteiger partial charge in [0.05, 0.1) is 12.5 Å². The maximum absolute atomic E-state index is 13.1. The Hall–Kier alpha value is -3.27. The maximum atomic E-state index is 13.1. The minimum atomic E-state index is -0.250. The minimum absolute atomic E-state index is 0.0791. The molecule has 0 bridgehead atoms. The second-order valence-corrected chi connectivity index (χ2v) is 9.14. The zero-order chi connectivity index (χ0) is 22.6. The van der Waals surface area contributed by atoms with Crippen LogP contribution in [0.15, 0.2) is 48.4 Å². The Balaban J connectivity index is 0.000000775. The number of carbonyl (C=O) groups is 2. The molecule has 32 heavy (non-hydrogen) atoms. The molecular weight excluding hydrogens is 428 g/mol. The summed E-state index contributed by atoms with van der Waals surface area (Å²) in [7, 11) is 1.87. The molecule has 0 aliphatic carbocycles. The molecule has 0 saturated carbocycles. The Bertz CT molecular complexity index is 1040. The van der Waals surface area contributed by atoms with E-state index in [4.69, 9.17) is 9.90 Å². The summed E-state index contributed by atoms with van der Waals surface area (Å²) >= 11 is 1.59. The summed E-state index contributed by atoms with van der Waals surface area (Å²) in [5.41, 5.74) is 3.88. The van der Waals surface area contributed by atoms with Gasteiger partial charge in [0.2, 0.25) is 5.13 Å². The number of carbonyl (C=O) groups excluding carboxylic acids is 1. The largest absolute Gasteiger partial charge is 0.483 e. The van der Waals surface area contributed by atoms with E-state index in [1.807, 2.05) is 11.9 Å². The number of hydrogen-bond donors (Lipinski definition) is 1. The minimum Gasteiger partial charge on any atom is -0.483 e. The van der Waals surface area contributed by atoms with Gasteiger partial charge in [0.25, 0.3) is 12.4 Å². The second kappa shape index (κ2) is 9.47. The van der Waals surface area contributed by atoms with Gasteiger partial charge >= 0.3 is 0 Å². The Morgan fingerprint density at radius 1 is 1.28 bits per heavy atom. The molecule has 2 aliphatic heterocycles. The molecule has 2 fully saturated rings. The average molecular weight is 455 g/mol. The van der Waals surface area contributed by atoms with Gasteiger partial charge in [0.15, 0.2) is 0 Å². The highest BCUT2D eigenvalue weighted by molar-refractivity contribution is 7.13. The van der Waals surface area contributed by atoms with Crippen LogP contribution in [0.25, 0.3) is 0 Å². The number of amides is 1. The highest BCUT2D eigenvalue weighted by atomic mass is 32.1. The summed E-state index contributed by atoms with van der Waals surface area (Å²) in [4.78, 5) is 30.0. The van der Waals surface area contributed by atoms with Crippen LogP contribution < -0.4 is 4.90 Å². The molecule has 0 spiro atoms. The fraction of sp³-hybridized carbons (Fsp3) is 0.409. The van der Waals surface area contributed by atoms with E-state index in [-0.39, 0.29) is 17.8 Å². The van der Waals surface area contributed by atoms with Crippen LogP contribution in [0.4, 0.5) is 5.13 Å². The number of aryl methyl sites for hydroxylation is 2. The molecule has 4 heterocycles. The van der Waals surface area contributed by atoms with E-state index in [9.17, 15) is 4.79 Å². The lowest BCUT2D eigenvalue weighted by Crippen LogP contribution is -2.37. The van der Waals surface area contributed by atoms with Crippen LogP contribution in [0.2, 0.25) is 0 Å². The predicted molar refractivity (Wildman–Crippen MR) is 121 cm³/mol. The Labute approximate surface area is 190 Å². The number of aromatic nitrogens is 4. The number of nitrogens with zero attached hydrogens (tertiary/aromatic N) is 6. The van der Waals surface area contributed by atoms with Crippen molar-refractivity contribution >= 4 is 28.8 Å². The summed E-state index contributed by atoms with van der Waals surface area (Å²) in [6.45, 7) is 3.17. The van der Waals surface area contributed by atoms with E-state index in [0.717, 1.165) is 44.2 Å². The molecule has 0 radical (unpaired) electrons. The molecule has 0 unspecified atom stereocenters. The lowest BCUT2D eigenvalue weighted by Gasteiger charge is -2.29. The van der Waals surface area contributed by atoms with Crippen molar-refractivity contribution in [3.8, 4) is 0 Å². The Kier molecular flexibility index (Phi) is 6.50. The first kappa shape index (κ1) is 21.9. The van der Waals surface area contributed by atoms with Gasteiger partial charge in [-0.1, -0.05) is 41.7 Å². The molecule has 2 aromatic heterocycles. The van der Waals surface area contributed by atoms with Crippen molar-refractivity contribution in [1.29, 1.82) is 0 Å². The first-order chi connectivity index (χ1) is 15.6. The predicted octanol–water partition coefficient (Wildman–Crippen LogP) is 2.18. The molecule has 9 nitrogen and oxygen atoms in total. The molecule has 2 aliphatic rings. The first-order valence-corrected chi connectivity index (χ1v) is 11.3. The lowest BCUT2D eigenvalue weighted by atomic mass is 9.76. The summed E-state index contributed by atoms with van der Waals surface area (Å²) in [5.74, 6) is 0.522. The molecule has 1 amide bonds. The Morgan fingerprint density at radius 2 is 2.06 bits per heavy atom. The number of benzene rings is 1. The summed E-state index contributed by atoms with van der Waals surface area (Å²) < 4.78 is 1.81. The van der Waals surface area contributed by atoms with Crippen molar-refractivity contribution in [2.75, 3.05) is 31.1 Å². The molecule has 2 saturated heterocycles. The summed E-state index contributed by atoms with van der Waals surface area (Å²) in [5, 5.41) is 16.2. The third-order valence-corrected chi connectivity index (χ3v) is 7.21. The summed E-state index contributed by atoms with van der Waals surface area (Å²) in [6, 6.07) is 10.6. The van der Waals surface area contributed by atoms with Crippen LogP contribution in [0.1, 0.15) is 22.5 Å². The second-order valence-electron chi connectivity index (χ2n) is 8.33. The van der Waals surface area contributed by atoms with Gasteiger partial charge in [-0.2, -0.15) is 0 Å². The van der Waals surface area contributed by atoms with Crippen molar-refractivity contribution in [2.45, 2.75) is 12.8 Å². The first-order valence-electron chi connectivity index (χ1n) is 10.4. The average Bonchev–Trinajstić information content (AvgIpc) is 3.56. The van der Waals surface area contributed by atoms with E-state index < -0.39 is 0 Å². The number of imidazole rings is 1. The molecule has 1 aromatic carbocycles. The van der Waals surface area contributed by atoms with Gasteiger partial charge in [0, 0.05) is 44.6 Å². The van der Waals surface area contributed by atoms with Gasteiger partial charge in [-0.25, -0.2) is 4.98 Å². The van der Waals surface area contributed by atoms with Crippen molar-refractivity contribution in [2.24, 2.45) is 18.4 Å². The fourth-order valence-electron chi connectivity index (χ4n) is 4.91. The summed E-state index contributed by atoms with van der Waals surface area (Å²) in [6.07, 6.45) is 5.44. The number of carboxylic acid groups (broad SMARTS) is 1. The normalized spacial score (nSPS) is 21.7. The number of likely N-dealkylation sites (tertiary alicyclic amines) is 1. The lowest BCUT2D eigenvalue weighted by molar-refractivity contribution is -0.122. The molecule has 1 N–H and O–H groups in total. The van der Waals surface area contributed by atoms with Gasteiger partial charge in [0.1, 0.15) is 11.2 Å². The molecule has 2 atom stereocenters. The van der Waals surface area contributed by atoms with Crippen LogP contribution in [-0.2, 0) is 18.3 Å². The van der Waals surface area contributed by atoms with Crippen molar-refractivity contribution in [3.63, 3.8) is 0 Å². The number of fused-ring (bicyclic) bond motifs is 1. The van der Waals surface area contributed by atoms with Crippen LogP contribution >= 0.6 is 11.3 Å². The van der Waals surface area contributed by atoms with E-state index in [2.05, 4.69) is 50.4 Å². The van der Waals surface area contributed by atoms with E-state index in [1.54, 1.807) is 33.9 Å². The SMILES string of the molecule is Cn1cncc1C(=O)N1C[C@@H]2CN(c3nncs3)C[C@]2(CCc2ccccc2)C1.O=CO. The maximum Gasteiger partial charge on any atom is 0.290 e. The zero-order valence-electron chi connectivity index (χ0n) is 17.9. The number of anilines is 1. The van der Waals surface area contributed by atoms with Crippen LogP contribution in [0.3, 0.4) is 0 Å². The van der Waals surface area contributed by atoms with Crippen molar-refractivity contribution in [3.05, 3.63) is 59.6 Å². The fourth-order valence-corrected chi connectivity index (χ4v) is 5.48. The van der Waals surface area contributed by atoms with Crippen molar-refractivity contribution in [1.82, 2.24) is 24.6 Å². The molecule has 5 rings (SSSR count). The number of rotatable bonds is 5. The van der Waals surface area contributed by atoms with Crippen LogP contribution in [-0.4, -0.2) is 68.3 Å². The third kappa shape index (κ3) is 4.36. The van der Waals surface area contributed by atoms with Gasteiger partial charge in [-0.3, -0.25) is 9.59 Å². The van der Waals surface area contributed by atoms with Crippen molar-refractivity contribution < 1.29 is 14.7 Å². The third-order valence-electron chi connectivity index (χ3n) is 6.46. The topological polar surface area (TPSA) is 104 Å². The molecule has 10 heteroatoms. The highest BCUT2D eigenvalue weighted by Gasteiger charge is 2.53. The van der Waals surface area contributed by atoms with E-state index in [1.165, 1.54) is 5.56 Å². The number of hydrogen-bond acceptors (Lipinski definition) is 7. The monoisotopic (exact) mass is 454 g/mol. The standard InChI is InChI=1S/C21H24N6OS.CH2O2/c1-25-14-22-9-18(25)19(28)26-10-17-11-27(20-24-23-15-29-20)13-21(17,12-26)8-7-16-5-3-2-4-6-16;2-1-3/h2-6,9,14-15,17H,7-8,10-13H2,1H3;1H,(H,2,3)/t17-,21+;/m1./s1. The molecular formula is C22H26N6O3S. The molecule has 3 aromatic rings. The highest BCUT2D eigenvalue weighted by Crippen LogP contribution is 2.47.